The predicted octanol–water partition coefficient (Wildman–Crippen LogP) is 4.23. The van der Waals surface area contributed by atoms with E-state index < -0.39 is 11.7 Å². The van der Waals surface area contributed by atoms with Crippen LogP contribution >= 0.6 is 11.3 Å². The molecule has 1 aromatic heterocycles. The van der Waals surface area contributed by atoms with Gasteiger partial charge in [-0.05, 0) is 18.6 Å². The summed E-state index contributed by atoms with van der Waals surface area (Å²) in [5.41, 5.74) is 0.450. The van der Waals surface area contributed by atoms with Gasteiger partial charge in [0.15, 0.2) is 0 Å². The molecule has 0 aliphatic heterocycles. The van der Waals surface area contributed by atoms with Crippen molar-refractivity contribution in [1.82, 2.24) is 0 Å². The van der Waals surface area contributed by atoms with E-state index in [1.807, 2.05) is 6.92 Å². The van der Waals surface area contributed by atoms with Crippen LogP contribution in [0, 0.1) is 6.92 Å². The van der Waals surface area contributed by atoms with Gasteiger partial charge in [-0.2, -0.15) is 13.2 Å². The van der Waals surface area contributed by atoms with Crippen molar-refractivity contribution in [2.45, 2.75) is 13.1 Å². The molecule has 0 bridgehead atoms. The molecule has 0 spiro atoms. The zero-order valence-electron chi connectivity index (χ0n) is 7.35. The van der Waals surface area contributed by atoms with Gasteiger partial charge in [0.25, 0.3) is 0 Å². The summed E-state index contributed by atoms with van der Waals surface area (Å²) in [6.07, 6.45) is -4.24. The topological polar surface area (TPSA) is 0 Å². The number of hydrogen-bond donors (Lipinski definition) is 0. The number of benzene rings is 1. The van der Waals surface area contributed by atoms with Gasteiger partial charge in [0.05, 0.1) is 5.56 Å². The van der Waals surface area contributed by atoms with E-state index in [2.05, 4.69) is 0 Å². The van der Waals surface area contributed by atoms with Crippen molar-refractivity contribution in [3.05, 3.63) is 34.7 Å². The first-order valence-corrected chi connectivity index (χ1v) is 4.91. The molecular weight excluding hydrogens is 209 g/mol. The van der Waals surface area contributed by atoms with E-state index in [-0.39, 0.29) is 0 Å². The SMILES string of the molecule is Cc1ccc2c(C(F)(F)F)csc2c1. The molecule has 2 rings (SSSR count). The van der Waals surface area contributed by atoms with Gasteiger partial charge in [0.2, 0.25) is 0 Å². The van der Waals surface area contributed by atoms with E-state index in [0.29, 0.717) is 10.1 Å². The molecule has 0 fully saturated rings. The minimum atomic E-state index is -4.24. The number of halogens is 3. The van der Waals surface area contributed by atoms with Crippen LogP contribution in [0.5, 0.6) is 0 Å². The Hall–Kier alpha value is -1.03. The fourth-order valence-electron chi connectivity index (χ4n) is 1.35. The average molecular weight is 216 g/mol. The van der Waals surface area contributed by atoms with Crippen molar-refractivity contribution >= 4 is 21.4 Å². The van der Waals surface area contributed by atoms with Crippen LogP contribution in [-0.4, -0.2) is 0 Å². The van der Waals surface area contributed by atoms with E-state index in [9.17, 15) is 13.2 Å². The van der Waals surface area contributed by atoms with Crippen LogP contribution in [-0.2, 0) is 6.18 Å². The Morgan fingerprint density at radius 2 is 1.93 bits per heavy atom. The van der Waals surface area contributed by atoms with E-state index in [1.165, 1.54) is 11.4 Å². The van der Waals surface area contributed by atoms with E-state index >= 15 is 0 Å². The van der Waals surface area contributed by atoms with Gasteiger partial charge >= 0.3 is 6.18 Å². The first kappa shape index (κ1) is 9.52. The molecule has 0 nitrogen and oxygen atoms in total. The molecule has 4 heteroatoms. The van der Waals surface area contributed by atoms with Crippen molar-refractivity contribution in [1.29, 1.82) is 0 Å². The van der Waals surface area contributed by atoms with Crippen LogP contribution in [0.1, 0.15) is 11.1 Å². The van der Waals surface area contributed by atoms with Crippen LogP contribution in [0.25, 0.3) is 10.1 Å². The molecule has 0 amide bonds. The number of rotatable bonds is 0. The highest BCUT2D eigenvalue weighted by Gasteiger charge is 2.33. The number of hydrogen-bond acceptors (Lipinski definition) is 1. The van der Waals surface area contributed by atoms with Gasteiger partial charge in [0, 0.05) is 15.5 Å². The standard InChI is InChI=1S/C10H7F3S/c1-6-2-3-7-8(10(11,12)13)5-14-9(7)4-6/h2-5H,1H3. The first-order valence-electron chi connectivity index (χ1n) is 4.03. The second-order valence-electron chi connectivity index (χ2n) is 3.15. The molecule has 0 radical (unpaired) electrons. The lowest BCUT2D eigenvalue weighted by Crippen LogP contribution is -2.02. The summed E-state index contributed by atoms with van der Waals surface area (Å²) in [4.78, 5) is 0. The molecule has 0 aliphatic rings. The smallest absolute Gasteiger partial charge is 0.166 e. The lowest BCUT2D eigenvalue weighted by molar-refractivity contribution is -0.136. The second-order valence-corrected chi connectivity index (χ2v) is 4.06. The van der Waals surface area contributed by atoms with Crippen molar-refractivity contribution in [3.63, 3.8) is 0 Å². The Morgan fingerprint density at radius 3 is 2.57 bits per heavy atom. The lowest BCUT2D eigenvalue weighted by atomic mass is 10.1. The largest absolute Gasteiger partial charge is 0.417 e. The maximum atomic E-state index is 12.5. The molecule has 0 atom stereocenters. The Morgan fingerprint density at radius 1 is 1.21 bits per heavy atom. The molecule has 0 aliphatic carbocycles. The van der Waals surface area contributed by atoms with Crippen molar-refractivity contribution in [2.75, 3.05) is 0 Å². The van der Waals surface area contributed by atoms with E-state index in [1.54, 1.807) is 12.1 Å². The average Bonchev–Trinajstić information content (AvgIpc) is 2.45. The highest BCUT2D eigenvalue weighted by Crippen LogP contribution is 2.38. The predicted molar refractivity (Wildman–Crippen MR) is 51.6 cm³/mol. The third kappa shape index (κ3) is 1.50. The van der Waals surface area contributed by atoms with Gasteiger partial charge in [-0.3, -0.25) is 0 Å². The number of thiophene rings is 1. The van der Waals surface area contributed by atoms with Crippen molar-refractivity contribution < 1.29 is 13.2 Å². The Balaban J connectivity index is 2.70. The summed E-state index contributed by atoms with van der Waals surface area (Å²) in [6, 6.07) is 5.00. The van der Waals surface area contributed by atoms with Gasteiger partial charge in [-0.15, -0.1) is 11.3 Å². The molecule has 0 N–H and O–H groups in total. The molecule has 0 unspecified atom stereocenters. The lowest BCUT2D eigenvalue weighted by Gasteiger charge is -2.04. The molecule has 1 aromatic carbocycles. The fraction of sp³-hybridized carbons (Fsp3) is 0.200. The zero-order chi connectivity index (χ0) is 10.3. The van der Waals surface area contributed by atoms with Gasteiger partial charge < -0.3 is 0 Å². The minimum Gasteiger partial charge on any atom is -0.166 e. The van der Waals surface area contributed by atoms with Crippen LogP contribution < -0.4 is 0 Å². The van der Waals surface area contributed by atoms with Gasteiger partial charge in [0.1, 0.15) is 0 Å². The van der Waals surface area contributed by atoms with Crippen LogP contribution in [0.4, 0.5) is 13.2 Å². The number of alkyl halides is 3. The molecule has 1 heterocycles. The highest BCUT2D eigenvalue weighted by atomic mass is 32.1. The molecule has 74 valence electrons. The second kappa shape index (κ2) is 2.98. The summed E-state index contributed by atoms with van der Waals surface area (Å²) < 4.78 is 38.1. The van der Waals surface area contributed by atoms with Gasteiger partial charge in [-0.25, -0.2) is 0 Å². The quantitative estimate of drug-likeness (QED) is 0.618. The van der Waals surface area contributed by atoms with Crippen LogP contribution in [0.3, 0.4) is 0 Å². The van der Waals surface area contributed by atoms with E-state index in [4.69, 9.17) is 0 Å². The summed E-state index contributed by atoms with van der Waals surface area (Å²) in [5.74, 6) is 0. The fourth-order valence-corrected chi connectivity index (χ4v) is 2.42. The molecule has 0 saturated carbocycles. The van der Waals surface area contributed by atoms with Gasteiger partial charge in [-0.1, -0.05) is 12.1 Å². The number of aryl methyl sites for hydroxylation is 1. The Bertz CT molecular complexity index is 468. The van der Waals surface area contributed by atoms with Crippen molar-refractivity contribution in [3.8, 4) is 0 Å². The van der Waals surface area contributed by atoms with E-state index in [0.717, 1.165) is 16.9 Å². The summed E-state index contributed by atoms with van der Waals surface area (Å²) >= 11 is 1.13. The Kier molecular flexibility index (Phi) is 2.03. The zero-order valence-corrected chi connectivity index (χ0v) is 8.17. The molecule has 14 heavy (non-hydrogen) atoms. The number of fused-ring (bicyclic) bond motifs is 1. The molecule has 0 saturated heterocycles. The highest BCUT2D eigenvalue weighted by molar-refractivity contribution is 7.17. The van der Waals surface area contributed by atoms with Crippen LogP contribution in [0.15, 0.2) is 23.6 Å². The van der Waals surface area contributed by atoms with Crippen molar-refractivity contribution in [2.24, 2.45) is 0 Å². The maximum absolute atomic E-state index is 12.5. The third-order valence-corrected chi connectivity index (χ3v) is 2.98. The summed E-state index contributed by atoms with van der Waals surface area (Å²) in [5, 5.41) is 1.47. The first-order chi connectivity index (χ1) is 6.48. The summed E-state index contributed by atoms with van der Waals surface area (Å²) in [7, 11) is 0. The normalized spacial score (nSPS) is 12.3. The maximum Gasteiger partial charge on any atom is 0.417 e. The third-order valence-electron chi connectivity index (χ3n) is 2.04. The van der Waals surface area contributed by atoms with Crippen LogP contribution in [0.2, 0.25) is 0 Å². The monoisotopic (exact) mass is 216 g/mol. The molecule has 2 aromatic rings. The Labute approximate surface area is 83.0 Å². The summed E-state index contributed by atoms with van der Waals surface area (Å²) in [6.45, 7) is 1.87. The molecular formula is C10H7F3S. The minimum absolute atomic E-state index is 0.299.